The minimum absolute atomic E-state index is 0.0900. The molecule has 4 nitrogen and oxygen atoms in total. The van der Waals surface area contributed by atoms with E-state index in [0.29, 0.717) is 5.57 Å². The number of aromatic nitrogens is 1. The van der Waals surface area contributed by atoms with Gasteiger partial charge in [-0.1, -0.05) is 18.2 Å². The zero-order valence-corrected chi connectivity index (χ0v) is 9.86. The summed E-state index contributed by atoms with van der Waals surface area (Å²) in [5.41, 5.74) is 3.20. The smallest absolute Gasteiger partial charge is 0.256 e. The van der Waals surface area contributed by atoms with E-state index in [9.17, 15) is 4.79 Å². The number of nitrogens with one attached hydrogen (secondary N) is 2. The van der Waals surface area contributed by atoms with Crippen LogP contribution in [0.1, 0.15) is 11.3 Å². The highest BCUT2D eigenvalue weighted by molar-refractivity contribution is 6.34. The molecule has 1 aromatic heterocycles. The first-order chi connectivity index (χ1) is 8.79. The molecule has 0 aliphatic carbocycles. The van der Waals surface area contributed by atoms with Gasteiger partial charge in [0.25, 0.3) is 5.91 Å². The van der Waals surface area contributed by atoms with Crippen molar-refractivity contribution < 1.29 is 9.53 Å². The normalized spacial score (nSPS) is 15.6. The molecule has 0 unspecified atom stereocenters. The Balaban J connectivity index is 2.10. The Morgan fingerprint density at radius 2 is 2.06 bits per heavy atom. The molecule has 1 aliphatic rings. The molecule has 0 radical (unpaired) electrons. The zero-order chi connectivity index (χ0) is 12.5. The van der Waals surface area contributed by atoms with Crippen molar-refractivity contribution >= 4 is 23.2 Å². The summed E-state index contributed by atoms with van der Waals surface area (Å²) in [7, 11) is 1.61. The molecule has 0 fully saturated rings. The molecule has 1 aromatic carbocycles. The van der Waals surface area contributed by atoms with E-state index in [4.69, 9.17) is 4.74 Å². The number of ether oxygens (including phenoxy) is 1. The number of anilines is 1. The van der Waals surface area contributed by atoms with E-state index in [1.807, 2.05) is 30.3 Å². The molecule has 1 aliphatic heterocycles. The molecule has 0 saturated carbocycles. The maximum atomic E-state index is 11.9. The molecule has 3 rings (SSSR count). The maximum absolute atomic E-state index is 11.9. The predicted molar refractivity (Wildman–Crippen MR) is 70.3 cm³/mol. The molecule has 0 atom stereocenters. The number of carbonyl (C=O) groups excluding carboxylic acids is 1. The summed E-state index contributed by atoms with van der Waals surface area (Å²) in [6.07, 6.45) is 3.59. The van der Waals surface area contributed by atoms with Crippen molar-refractivity contribution in [3.8, 4) is 5.75 Å². The highest BCUT2D eigenvalue weighted by Crippen LogP contribution is 2.33. The first kappa shape index (κ1) is 10.7. The van der Waals surface area contributed by atoms with Crippen molar-refractivity contribution in [3.05, 3.63) is 47.8 Å². The molecule has 2 heterocycles. The van der Waals surface area contributed by atoms with Crippen molar-refractivity contribution in [2.75, 3.05) is 12.4 Å². The van der Waals surface area contributed by atoms with Crippen molar-refractivity contribution in [3.63, 3.8) is 0 Å². The van der Waals surface area contributed by atoms with Crippen LogP contribution in [0.4, 0.5) is 5.69 Å². The zero-order valence-electron chi connectivity index (χ0n) is 9.86. The minimum Gasteiger partial charge on any atom is -0.495 e. The molecule has 90 valence electrons. The fraction of sp³-hybridized carbons (Fsp3) is 0.0714. The van der Waals surface area contributed by atoms with Crippen LogP contribution in [0.3, 0.4) is 0 Å². The quantitative estimate of drug-likeness (QED) is 0.792. The highest BCUT2D eigenvalue weighted by atomic mass is 16.5. The molecule has 0 spiro atoms. The lowest BCUT2D eigenvalue weighted by molar-refractivity contribution is -0.110. The number of H-pyrrole nitrogens is 1. The molecule has 18 heavy (non-hydrogen) atoms. The van der Waals surface area contributed by atoms with E-state index in [-0.39, 0.29) is 5.91 Å². The standard InChI is InChI=1S/C14H12N2O2/c1-18-13-6-7-15-12(13)8-10-9-4-2-3-5-11(9)16-14(10)17/h2-8,15H,1H3,(H,16,17)/b10-8-. The third-order valence-electron chi connectivity index (χ3n) is 2.96. The maximum Gasteiger partial charge on any atom is 0.256 e. The van der Waals surface area contributed by atoms with Crippen LogP contribution in [0, 0.1) is 0 Å². The van der Waals surface area contributed by atoms with Gasteiger partial charge in [-0.15, -0.1) is 0 Å². The van der Waals surface area contributed by atoms with Crippen LogP contribution in [-0.4, -0.2) is 18.0 Å². The van der Waals surface area contributed by atoms with Gasteiger partial charge in [0.05, 0.1) is 18.4 Å². The number of benzene rings is 1. The number of hydrogen-bond donors (Lipinski definition) is 2. The predicted octanol–water partition coefficient (Wildman–Crippen LogP) is 2.52. The second kappa shape index (κ2) is 4.07. The summed E-state index contributed by atoms with van der Waals surface area (Å²) in [5, 5.41) is 2.84. The van der Waals surface area contributed by atoms with Crippen LogP contribution < -0.4 is 10.1 Å². The molecular weight excluding hydrogens is 228 g/mol. The second-order valence-corrected chi connectivity index (χ2v) is 4.02. The van der Waals surface area contributed by atoms with Crippen molar-refractivity contribution in [1.82, 2.24) is 4.98 Å². The number of fused-ring (bicyclic) bond motifs is 1. The average molecular weight is 240 g/mol. The molecule has 2 N–H and O–H groups in total. The number of hydrogen-bond acceptors (Lipinski definition) is 2. The van der Waals surface area contributed by atoms with Gasteiger partial charge in [0, 0.05) is 17.4 Å². The van der Waals surface area contributed by atoms with Crippen LogP contribution >= 0.6 is 0 Å². The van der Waals surface area contributed by atoms with Gasteiger partial charge in [0.2, 0.25) is 0 Å². The van der Waals surface area contributed by atoms with Gasteiger partial charge >= 0.3 is 0 Å². The average Bonchev–Trinajstić information content (AvgIpc) is 2.95. The second-order valence-electron chi connectivity index (χ2n) is 4.02. The topological polar surface area (TPSA) is 54.1 Å². The van der Waals surface area contributed by atoms with Gasteiger partial charge in [-0.05, 0) is 18.2 Å². The summed E-state index contributed by atoms with van der Waals surface area (Å²) >= 11 is 0. The van der Waals surface area contributed by atoms with Gasteiger partial charge in [0.15, 0.2) is 0 Å². The molecule has 0 saturated heterocycles. The Bertz CT molecular complexity index is 641. The van der Waals surface area contributed by atoms with Gasteiger partial charge in [-0.3, -0.25) is 4.79 Å². The summed E-state index contributed by atoms with van der Waals surface area (Å²) in [4.78, 5) is 15.0. The lowest BCUT2D eigenvalue weighted by atomic mass is 10.1. The molecular formula is C14H12N2O2. The monoisotopic (exact) mass is 240 g/mol. The van der Waals surface area contributed by atoms with Gasteiger partial charge in [0.1, 0.15) is 5.75 Å². The van der Waals surface area contributed by atoms with Crippen molar-refractivity contribution in [2.45, 2.75) is 0 Å². The van der Waals surface area contributed by atoms with Crippen LogP contribution in [-0.2, 0) is 4.79 Å². The van der Waals surface area contributed by atoms with Crippen molar-refractivity contribution in [1.29, 1.82) is 0 Å². The minimum atomic E-state index is -0.0900. The van der Waals surface area contributed by atoms with Gasteiger partial charge in [-0.25, -0.2) is 0 Å². The SMILES string of the molecule is COc1cc[nH]c1/C=C1\C(=O)Nc2ccccc21. The fourth-order valence-electron chi connectivity index (χ4n) is 2.09. The van der Waals surface area contributed by atoms with Crippen LogP contribution in [0.2, 0.25) is 0 Å². The van der Waals surface area contributed by atoms with E-state index >= 15 is 0 Å². The number of methoxy groups -OCH3 is 1. The number of amides is 1. The van der Waals surface area contributed by atoms with E-state index in [2.05, 4.69) is 10.3 Å². The van der Waals surface area contributed by atoms with Crippen LogP contribution in [0.5, 0.6) is 5.75 Å². The third-order valence-corrected chi connectivity index (χ3v) is 2.96. The van der Waals surface area contributed by atoms with Crippen LogP contribution in [0.15, 0.2) is 36.5 Å². The first-order valence-electron chi connectivity index (χ1n) is 5.63. The van der Waals surface area contributed by atoms with E-state index in [1.54, 1.807) is 19.4 Å². The van der Waals surface area contributed by atoms with E-state index in [0.717, 1.165) is 22.7 Å². The number of aromatic amines is 1. The molecule has 0 bridgehead atoms. The Kier molecular flexibility index (Phi) is 2.41. The van der Waals surface area contributed by atoms with Crippen LogP contribution in [0.25, 0.3) is 11.6 Å². The Labute approximate surface area is 104 Å². The highest BCUT2D eigenvalue weighted by Gasteiger charge is 2.23. The summed E-state index contributed by atoms with van der Waals surface area (Å²) in [6, 6.07) is 9.45. The summed E-state index contributed by atoms with van der Waals surface area (Å²) in [6.45, 7) is 0. The Morgan fingerprint density at radius 3 is 2.89 bits per heavy atom. The molecule has 1 amide bonds. The largest absolute Gasteiger partial charge is 0.495 e. The molecule has 4 heteroatoms. The van der Waals surface area contributed by atoms with Crippen molar-refractivity contribution in [2.24, 2.45) is 0 Å². The van der Waals surface area contributed by atoms with E-state index < -0.39 is 0 Å². The van der Waals surface area contributed by atoms with Gasteiger partial charge < -0.3 is 15.0 Å². The lowest BCUT2D eigenvalue weighted by Gasteiger charge is -1.99. The summed E-state index contributed by atoms with van der Waals surface area (Å²) < 4.78 is 5.21. The van der Waals surface area contributed by atoms with E-state index in [1.165, 1.54) is 0 Å². The van der Waals surface area contributed by atoms with Gasteiger partial charge in [-0.2, -0.15) is 0 Å². The first-order valence-corrected chi connectivity index (χ1v) is 5.63. The Morgan fingerprint density at radius 1 is 1.22 bits per heavy atom. The molecule has 2 aromatic rings. The lowest BCUT2D eigenvalue weighted by Crippen LogP contribution is -2.03. The number of para-hydroxylation sites is 1. The Hall–Kier alpha value is -2.49. The fourth-order valence-corrected chi connectivity index (χ4v) is 2.09. The summed E-state index contributed by atoms with van der Waals surface area (Å²) in [5.74, 6) is 0.632. The number of rotatable bonds is 2. The number of carbonyl (C=O) groups is 1. The third kappa shape index (κ3) is 1.59.